The summed E-state index contributed by atoms with van der Waals surface area (Å²) in [6.45, 7) is 0.423. The summed E-state index contributed by atoms with van der Waals surface area (Å²) >= 11 is 1.91. The summed E-state index contributed by atoms with van der Waals surface area (Å²) in [5, 5.41) is 13.8. The summed E-state index contributed by atoms with van der Waals surface area (Å²) in [5.74, 6) is 2.17. The van der Waals surface area contributed by atoms with Gasteiger partial charge in [-0.1, -0.05) is 0 Å². The van der Waals surface area contributed by atoms with Gasteiger partial charge in [-0.15, -0.1) is 0 Å². The molecule has 1 amide bonds. The summed E-state index contributed by atoms with van der Waals surface area (Å²) in [6, 6.07) is 2.33. The van der Waals surface area contributed by atoms with Crippen LogP contribution in [-0.4, -0.2) is 36.5 Å². The Kier molecular flexibility index (Phi) is 4.65. The molecule has 2 N–H and O–H groups in total. The smallest absolute Gasteiger partial charge is 0.234 e. The summed E-state index contributed by atoms with van der Waals surface area (Å²) < 4.78 is 0. The number of thioether (sulfide) groups is 1. The molecular formula is C8H13N3OS. The molecule has 1 heterocycles. The standard InChI is InChI=1S/C8H13N3OS/c9-2-3-10-8(12)5-11-7-1-4-13-6-7/h7,11H,1,3-6H2,(H,10,12). The average molecular weight is 199 g/mol. The molecule has 1 aliphatic heterocycles. The van der Waals surface area contributed by atoms with Crippen molar-refractivity contribution in [2.24, 2.45) is 0 Å². The van der Waals surface area contributed by atoms with Crippen molar-refractivity contribution in [1.29, 1.82) is 5.26 Å². The Morgan fingerprint density at radius 1 is 1.69 bits per heavy atom. The minimum atomic E-state index is -0.0987. The summed E-state index contributed by atoms with van der Waals surface area (Å²) in [5.41, 5.74) is 0. The van der Waals surface area contributed by atoms with Crippen LogP contribution in [0.4, 0.5) is 0 Å². The maximum Gasteiger partial charge on any atom is 0.234 e. The molecule has 1 saturated heterocycles. The van der Waals surface area contributed by atoms with Crippen LogP contribution >= 0.6 is 11.8 Å². The fourth-order valence-corrected chi connectivity index (χ4v) is 2.32. The molecule has 1 atom stereocenters. The number of nitrogens with one attached hydrogen (secondary N) is 2. The van der Waals surface area contributed by atoms with Gasteiger partial charge < -0.3 is 10.6 Å². The van der Waals surface area contributed by atoms with Gasteiger partial charge >= 0.3 is 0 Å². The van der Waals surface area contributed by atoms with Crippen molar-refractivity contribution in [1.82, 2.24) is 10.6 Å². The van der Waals surface area contributed by atoms with Gasteiger partial charge in [0.2, 0.25) is 5.91 Å². The average Bonchev–Trinajstić information content (AvgIpc) is 2.64. The Morgan fingerprint density at radius 2 is 2.54 bits per heavy atom. The number of nitriles is 1. The molecule has 0 aromatic carbocycles. The van der Waals surface area contributed by atoms with E-state index >= 15 is 0 Å². The number of amides is 1. The molecule has 0 aromatic heterocycles. The van der Waals surface area contributed by atoms with Crippen molar-refractivity contribution < 1.29 is 4.79 Å². The molecule has 72 valence electrons. The van der Waals surface area contributed by atoms with Crippen LogP contribution in [0.1, 0.15) is 6.42 Å². The highest BCUT2D eigenvalue weighted by Gasteiger charge is 2.15. The summed E-state index contributed by atoms with van der Waals surface area (Å²) in [6.07, 6.45) is 1.14. The lowest BCUT2D eigenvalue weighted by molar-refractivity contribution is -0.120. The fourth-order valence-electron chi connectivity index (χ4n) is 1.13. The van der Waals surface area contributed by atoms with Gasteiger partial charge in [-0.25, -0.2) is 0 Å². The molecule has 0 saturated carbocycles. The largest absolute Gasteiger partial charge is 0.342 e. The predicted octanol–water partition coefficient (Wildman–Crippen LogP) is -0.279. The molecule has 0 aromatic rings. The Morgan fingerprint density at radius 3 is 3.15 bits per heavy atom. The van der Waals surface area contributed by atoms with Crippen LogP contribution in [0.3, 0.4) is 0 Å². The van der Waals surface area contributed by atoms with Gasteiger partial charge in [-0.2, -0.15) is 17.0 Å². The molecule has 1 rings (SSSR count). The van der Waals surface area contributed by atoms with Crippen molar-refractivity contribution in [3.8, 4) is 6.07 Å². The molecule has 1 fully saturated rings. The van der Waals surface area contributed by atoms with Crippen LogP contribution in [0.2, 0.25) is 0 Å². The molecular weight excluding hydrogens is 186 g/mol. The highest BCUT2D eigenvalue weighted by Crippen LogP contribution is 2.16. The quantitative estimate of drug-likeness (QED) is 0.611. The van der Waals surface area contributed by atoms with Gasteiger partial charge in [0.15, 0.2) is 0 Å². The molecule has 0 bridgehead atoms. The van der Waals surface area contributed by atoms with E-state index in [2.05, 4.69) is 10.6 Å². The second-order valence-electron chi connectivity index (χ2n) is 2.88. The van der Waals surface area contributed by atoms with E-state index < -0.39 is 0 Å². The van der Waals surface area contributed by atoms with E-state index in [4.69, 9.17) is 5.26 Å². The predicted molar refractivity (Wildman–Crippen MR) is 52.4 cm³/mol. The molecule has 4 nitrogen and oxygen atoms in total. The highest BCUT2D eigenvalue weighted by atomic mass is 32.2. The number of carbonyl (C=O) groups is 1. The zero-order valence-corrected chi connectivity index (χ0v) is 8.19. The van der Waals surface area contributed by atoms with Gasteiger partial charge in [0.1, 0.15) is 6.54 Å². The number of hydrogen-bond donors (Lipinski definition) is 2. The normalized spacial score (nSPS) is 21.0. The van der Waals surface area contributed by atoms with Crippen molar-refractivity contribution >= 4 is 17.7 Å². The third kappa shape index (κ3) is 4.15. The maximum atomic E-state index is 11.0. The summed E-state index contributed by atoms with van der Waals surface area (Å²) in [4.78, 5) is 11.0. The van der Waals surface area contributed by atoms with Gasteiger partial charge in [-0.3, -0.25) is 4.79 Å². The first-order valence-corrected chi connectivity index (χ1v) is 5.43. The molecule has 0 aliphatic carbocycles. The molecule has 13 heavy (non-hydrogen) atoms. The monoisotopic (exact) mass is 199 g/mol. The van der Waals surface area contributed by atoms with Crippen LogP contribution in [0.15, 0.2) is 0 Å². The third-order valence-electron chi connectivity index (χ3n) is 1.85. The van der Waals surface area contributed by atoms with Crippen LogP contribution in [0.25, 0.3) is 0 Å². The number of rotatable bonds is 4. The van der Waals surface area contributed by atoms with Crippen LogP contribution < -0.4 is 10.6 Å². The zero-order chi connectivity index (χ0) is 9.52. The van der Waals surface area contributed by atoms with E-state index in [-0.39, 0.29) is 12.5 Å². The van der Waals surface area contributed by atoms with E-state index in [0.717, 1.165) is 12.2 Å². The number of nitrogens with zero attached hydrogens (tertiary/aromatic N) is 1. The van der Waals surface area contributed by atoms with E-state index in [1.54, 1.807) is 0 Å². The molecule has 1 unspecified atom stereocenters. The zero-order valence-electron chi connectivity index (χ0n) is 7.38. The van der Waals surface area contributed by atoms with Crippen LogP contribution in [0, 0.1) is 11.3 Å². The molecule has 0 radical (unpaired) electrons. The van der Waals surface area contributed by atoms with Gasteiger partial charge in [0.05, 0.1) is 12.6 Å². The first-order valence-electron chi connectivity index (χ1n) is 4.27. The van der Waals surface area contributed by atoms with E-state index in [9.17, 15) is 4.79 Å². The van der Waals surface area contributed by atoms with Crippen molar-refractivity contribution in [2.45, 2.75) is 12.5 Å². The van der Waals surface area contributed by atoms with E-state index in [1.807, 2.05) is 17.8 Å². The second kappa shape index (κ2) is 5.84. The Balaban J connectivity index is 2.04. The Labute approximate surface area is 82.1 Å². The van der Waals surface area contributed by atoms with Gasteiger partial charge in [-0.05, 0) is 12.2 Å². The summed E-state index contributed by atoms with van der Waals surface area (Å²) in [7, 11) is 0. The highest BCUT2D eigenvalue weighted by molar-refractivity contribution is 7.99. The minimum absolute atomic E-state index is 0.0972. The van der Waals surface area contributed by atoms with Crippen molar-refractivity contribution in [3.05, 3.63) is 0 Å². The van der Waals surface area contributed by atoms with Gasteiger partial charge in [0, 0.05) is 11.8 Å². The molecule has 0 spiro atoms. The lowest BCUT2D eigenvalue weighted by atomic mass is 10.2. The van der Waals surface area contributed by atoms with E-state index in [1.165, 1.54) is 5.75 Å². The molecule has 1 aliphatic rings. The topological polar surface area (TPSA) is 64.9 Å². The SMILES string of the molecule is N#CCNC(=O)CNC1CCSC1. The lowest BCUT2D eigenvalue weighted by Gasteiger charge is -2.09. The van der Waals surface area contributed by atoms with Crippen molar-refractivity contribution in [3.63, 3.8) is 0 Å². The maximum absolute atomic E-state index is 11.0. The third-order valence-corrected chi connectivity index (χ3v) is 3.01. The first-order chi connectivity index (χ1) is 6.33. The Hall–Kier alpha value is -0.730. The van der Waals surface area contributed by atoms with E-state index in [0.29, 0.717) is 12.6 Å². The second-order valence-corrected chi connectivity index (χ2v) is 4.03. The van der Waals surface area contributed by atoms with Crippen LogP contribution in [-0.2, 0) is 4.79 Å². The number of hydrogen-bond acceptors (Lipinski definition) is 4. The molecule has 5 heteroatoms. The van der Waals surface area contributed by atoms with Crippen molar-refractivity contribution in [2.75, 3.05) is 24.6 Å². The minimum Gasteiger partial charge on any atom is -0.342 e. The first kappa shape index (κ1) is 10.4. The van der Waals surface area contributed by atoms with Gasteiger partial charge in [0.25, 0.3) is 0 Å². The Bertz CT molecular complexity index is 208. The fraction of sp³-hybridized carbons (Fsp3) is 0.750. The number of carbonyl (C=O) groups excluding carboxylic acids is 1. The lowest BCUT2D eigenvalue weighted by Crippen LogP contribution is -2.39. The van der Waals surface area contributed by atoms with Crippen LogP contribution in [0.5, 0.6) is 0 Å².